The van der Waals surface area contributed by atoms with Crippen LogP contribution in [-0.4, -0.2) is 26.0 Å². The normalized spacial score (nSPS) is 23.1. The molecule has 1 unspecified atom stereocenters. The molecule has 3 heteroatoms. The van der Waals surface area contributed by atoms with Crippen molar-refractivity contribution < 1.29 is 9.53 Å². The number of aryl methyl sites for hydroxylation is 1. The molecule has 19 heavy (non-hydrogen) atoms. The van der Waals surface area contributed by atoms with E-state index in [1.54, 1.807) is 7.11 Å². The van der Waals surface area contributed by atoms with Crippen molar-refractivity contribution in [1.82, 2.24) is 5.32 Å². The third kappa shape index (κ3) is 2.66. The summed E-state index contributed by atoms with van der Waals surface area (Å²) in [5.41, 5.74) is 1.62. The van der Waals surface area contributed by atoms with Gasteiger partial charge in [0.2, 0.25) is 0 Å². The lowest BCUT2D eigenvalue weighted by Gasteiger charge is -2.36. The average Bonchev–Trinajstić information content (AvgIpc) is 2.47. The molecule has 1 atom stereocenters. The van der Waals surface area contributed by atoms with E-state index in [0.717, 1.165) is 49.2 Å². The van der Waals surface area contributed by atoms with Gasteiger partial charge in [-0.25, -0.2) is 0 Å². The van der Waals surface area contributed by atoms with Crippen LogP contribution in [0.5, 0.6) is 5.75 Å². The van der Waals surface area contributed by atoms with Gasteiger partial charge in [-0.2, -0.15) is 0 Å². The first-order valence-corrected chi connectivity index (χ1v) is 7.03. The van der Waals surface area contributed by atoms with Crippen LogP contribution >= 0.6 is 0 Å². The van der Waals surface area contributed by atoms with Gasteiger partial charge in [0.15, 0.2) is 5.78 Å². The second-order valence-corrected chi connectivity index (χ2v) is 5.42. The number of benzene rings is 1. The van der Waals surface area contributed by atoms with Gasteiger partial charge in [0.05, 0.1) is 7.11 Å². The third-order valence-electron chi connectivity index (χ3n) is 4.31. The van der Waals surface area contributed by atoms with Gasteiger partial charge in [0, 0.05) is 17.5 Å². The number of ether oxygens (including phenoxy) is 1. The van der Waals surface area contributed by atoms with Crippen LogP contribution in [0.15, 0.2) is 18.2 Å². The highest BCUT2D eigenvalue weighted by Gasteiger charge is 2.38. The molecule has 1 fully saturated rings. The van der Waals surface area contributed by atoms with Crippen LogP contribution in [0.1, 0.15) is 42.1 Å². The summed E-state index contributed by atoms with van der Waals surface area (Å²) in [4.78, 5) is 12.9. The minimum atomic E-state index is -0.225. The molecule has 104 valence electrons. The van der Waals surface area contributed by atoms with Crippen molar-refractivity contribution >= 4 is 5.78 Å². The van der Waals surface area contributed by atoms with Crippen LogP contribution in [0, 0.1) is 12.3 Å². The monoisotopic (exact) mass is 261 g/mol. The van der Waals surface area contributed by atoms with Crippen LogP contribution in [0.4, 0.5) is 0 Å². The first kappa shape index (κ1) is 14.1. The van der Waals surface area contributed by atoms with E-state index in [2.05, 4.69) is 12.2 Å². The molecule has 0 amide bonds. The molecule has 1 aromatic rings. The molecule has 0 spiro atoms. The fraction of sp³-hybridized carbons (Fsp3) is 0.562. The predicted molar refractivity (Wildman–Crippen MR) is 76.9 cm³/mol. The second-order valence-electron chi connectivity index (χ2n) is 5.42. The van der Waals surface area contributed by atoms with E-state index in [1.807, 2.05) is 25.1 Å². The smallest absolute Gasteiger partial charge is 0.170 e. The first-order valence-electron chi connectivity index (χ1n) is 7.03. The van der Waals surface area contributed by atoms with Gasteiger partial charge in [-0.1, -0.05) is 6.92 Å². The minimum absolute atomic E-state index is 0.225. The maximum absolute atomic E-state index is 12.9. The summed E-state index contributed by atoms with van der Waals surface area (Å²) < 4.78 is 5.20. The van der Waals surface area contributed by atoms with Gasteiger partial charge in [-0.3, -0.25) is 4.79 Å². The van der Waals surface area contributed by atoms with Crippen molar-refractivity contribution in [3.63, 3.8) is 0 Å². The molecule has 1 aromatic carbocycles. The van der Waals surface area contributed by atoms with Crippen molar-refractivity contribution in [2.75, 3.05) is 20.2 Å². The molecule has 0 radical (unpaired) electrons. The molecule has 0 bridgehead atoms. The number of carbonyl (C=O) groups excluding carboxylic acids is 1. The van der Waals surface area contributed by atoms with E-state index in [4.69, 9.17) is 4.74 Å². The molecule has 0 aliphatic carbocycles. The van der Waals surface area contributed by atoms with E-state index in [9.17, 15) is 4.79 Å². The Morgan fingerprint density at radius 3 is 2.79 bits per heavy atom. The van der Waals surface area contributed by atoms with Crippen molar-refractivity contribution in [2.24, 2.45) is 5.41 Å². The Balaban J connectivity index is 2.32. The Kier molecular flexibility index (Phi) is 4.25. The lowest BCUT2D eigenvalue weighted by Crippen LogP contribution is -2.45. The molecule has 0 saturated carbocycles. The van der Waals surface area contributed by atoms with Crippen molar-refractivity contribution in [3.05, 3.63) is 29.3 Å². The fourth-order valence-corrected chi connectivity index (χ4v) is 2.93. The Morgan fingerprint density at radius 1 is 1.47 bits per heavy atom. The average molecular weight is 261 g/mol. The van der Waals surface area contributed by atoms with Crippen LogP contribution in [0.3, 0.4) is 0 Å². The summed E-state index contributed by atoms with van der Waals surface area (Å²) >= 11 is 0. The molecule has 1 heterocycles. The van der Waals surface area contributed by atoms with Crippen LogP contribution in [0.25, 0.3) is 0 Å². The highest BCUT2D eigenvalue weighted by Crippen LogP contribution is 2.35. The molecule has 3 nitrogen and oxygen atoms in total. The van der Waals surface area contributed by atoms with Crippen LogP contribution < -0.4 is 10.1 Å². The Hall–Kier alpha value is -1.35. The number of hydrogen-bond donors (Lipinski definition) is 1. The molecular formula is C16H23NO2. The number of nitrogens with one attached hydrogen (secondary N) is 1. The zero-order valence-electron chi connectivity index (χ0n) is 12.1. The number of ketones is 1. The van der Waals surface area contributed by atoms with Crippen LogP contribution in [-0.2, 0) is 0 Å². The standard InChI is InChI=1S/C16H23NO2/c1-4-16(8-5-9-17-11-16)15(18)14-7-6-13(19-3)10-12(14)2/h6-7,10,17H,4-5,8-9,11H2,1-3H3. The SMILES string of the molecule is CCC1(C(=O)c2ccc(OC)cc2C)CCCNC1. The number of rotatable bonds is 4. The molecule has 0 aromatic heterocycles. The molecule has 1 saturated heterocycles. The van der Waals surface area contributed by atoms with Gasteiger partial charge in [-0.15, -0.1) is 0 Å². The topological polar surface area (TPSA) is 38.3 Å². The van der Waals surface area contributed by atoms with E-state index < -0.39 is 0 Å². The van der Waals surface area contributed by atoms with Crippen molar-refractivity contribution in [2.45, 2.75) is 33.1 Å². The van der Waals surface area contributed by atoms with E-state index in [0.29, 0.717) is 0 Å². The third-order valence-corrected chi connectivity index (χ3v) is 4.31. The number of piperidine rings is 1. The van der Waals surface area contributed by atoms with Gasteiger partial charge in [-0.05, 0) is 56.5 Å². The second kappa shape index (κ2) is 5.74. The summed E-state index contributed by atoms with van der Waals surface area (Å²) in [5.74, 6) is 1.09. The number of Topliss-reactive ketones (excluding diaryl/α,β-unsaturated/α-hetero) is 1. The Morgan fingerprint density at radius 2 is 2.26 bits per heavy atom. The summed E-state index contributed by atoms with van der Waals surface area (Å²) in [7, 11) is 1.65. The molecular weight excluding hydrogens is 238 g/mol. The predicted octanol–water partition coefficient (Wildman–Crippen LogP) is 2.97. The van der Waals surface area contributed by atoms with Crippen LogP contribution in [0.2, 0.25) is 0 Å². The van der Waals surface area contributed by atoms with Gasteiger partial charge >= 0.3 is 0 Å². The summed E-state index contributed by atoms with van der Waals surface area (Å²) in [6.07, 6.45) is 2.96. The molecule has 1 aliphatic rings. The van der Waals surface area contributed by atoms with Gasteiger partial charge in [0.1, 0.15) is 5.75 Å². The maximum atomic E-state index is 12.9. The number of methoxy groups -OCH3 is 1. The van der Waals surface area contributed by atoms with E-state index in [1.165, 1.54) is 0 Å². The lowest BCUT2D eigenvalue weighted by atomic mass is 9.72. The largest absolute Gasteiger partial charge is 0.497 e. The molecule has 1 N–H and O–H groups in total. The maximum Gasteiger partial charge on any atom is 0.170 e. The summed E-state index contributed by atoms with van der Waals surface area (Å²) in [6, 6.07) is 5.72. The van der Waals surface area contributed by atoms with E-state index in [-0.39, 0.29) is 11.2 Å². The van der Waals surface area contributed by atoms with Gasteiger partial charge in [0.25, 0.3) is 0 Å². The summed E-state index contributed by atoms with van der Waals surface area (Å²) in [5, 5.41) is 3.37. The van der Waals surface area contributed by atoms with Crippen molar-refractivity contribution in [3.8, 4) is 5.75 Å². The first-order chi connectivity index (χ1) is 9.13. The fourth-order valence-electron chi connectivity index (χ4n) is 2.93. The Bertz CT molecular complexity index is 462. The molecule has 2 rings (SSSR count). The van der Waals surface area contributed by atoms with Gasteiger partial charge < -0.3 is 10.1 Å². The lowest BCUT2D eigenvalue weighted by molar-refractivity contribution is 0.0730. The highest BCUT2D eigenvalue weighted by molar-refractivity contribution is 6.02. The van der Waals surface area contributed by atoms with E-state index >= 15 is 0 Å². The number of hydrogen-bond acceptors (Lipinski definition) is 3. The zero-order valence-corrected chi connectivity index (χ0v) is 12.1. The quantitative estimate of drug-likeness (QED) is 0.847. The molecule has 1 aliphatic heterocycles. The number of carbonyl (C=O) groups is 1. The van der Waals surface area contributed by atoms with Crippen molar-refractivity contribution in [1.29, 1.82) is 0 Å². The Labute approximate surface area is 115 Å². The summed E-state index contributed by atoms with van der Waals surface area (Å²) in [6.45, 7) is 5.92. The zero-order chi connectivity index (χ0) is 13.9. The highest BCUT2D eigenvalue weighted by atomic mass is 16.5. The minimum Gasteiger partial charge on any atom is -0.497 e.